The van der Waals surface area contributed by atoms with E-state index in [9.17, 15) is 4.79 Å². The highest BCUT2D eigenvalue weighted by molar-refractivity contribution is 6.33. The predicted molar refractivity (Wildman–Crippen MR) is 44.7 cm³/mol. The van der Waals surface area contributed by atoms with Crippen LogP contribution in [-0.2, 0) is 9.53 Å². The minimum absolute atomic E-state index is 0.0412. The largest absolute Gasteiger partial charge is 0.453 e. The zero-order valence-electron chi connectivity index (χ0n) is 7.28. The van der Waals surface area contributed by atoms with Gasteiger partial charge in [0.05, 0.1) is 6.42 Å². The Morgan fingerprint density at radius 2 is 2.33 bits per heavy atom. The van der Waals surface area contributed by atoms with Crippen molar-refractivity contribution in [2.45, 2.75) is 20.3 Å². The van der Waals surface area contributed by atoms with Crippen LogP contribution in [0, 0.1) is 0 Å². The first-order valence-corrected chi connectivity index (χ1v) is 3.75. The lowest BCUT2D eigenvalue weighted by atomic mass is 10.3. The van der Waals surface area contributed by atoms with Crippen LogP contribution in [-0.4, -0.2) is 23.1 Å². The van der Waals surface area contributed by atoms with Crippen molar-refractivity contribution in [2.75, 3.05) is 6.61 Å². The highest BCUT2D eigenvalue weighted by Crippen LogP contribution is 1.87. The van der Waals surface area contributed by atoms with Crippen LogP contribution in [0.4, 0.5) is 0 Å². The predicted octanol–water partition coefficient (Wildman–Crippen LogP) is 1.19. The average Bonchev–Trinajstić information content (AvgIpc) is 2.07. The molecule has 0 aliphatic rings. The highest BCUT2D eigenvalue weighted by atomic mass is 16.5. The van der Waals surface area contributed by atoms with Crippen molar-refractivity contribution in [3.8, 4) is 0 Å². The fourth-order valence-corrected chi connectivity index (χ4v) is 0.559. The summed E-state index contributed by atoms with van der Waals surface area (Å²) in [7, 11) is 0. The molecule has 66 valence electrons. The second-order valence-corrected chi connectivity index (χ2v) is 2.07. The molecule has 0 aliphatic carbocycles. The van der Waals surface area contributed by atoms with Crippen molar-refractivity contribution < 1.29 is 14.3 Å². The smallest absolute Gasteiger partial charge is 0.417 e. The van der Waals surface area contributed by atoms with Gasteiger partial charge in [0.15, 0.2) is 0 Å². The lowest BCUT2D eigenvalue weighted by Gasteiger charge is -1.94. The molecule has 4 heteroatoms. The summed E-state index contributed by atoms with van der Waals surface area (Å²) >= 11 is 0. The van der Waals surface area contributed by atoms with Crippen molar-refractivity contribution in [2.24, 2.45) is 0 Å². The molecule has 0 aliphatic heterocycles. The van der Waals surface area contributed by atoms with E-state index in [-0.39, 0.29) is 12.3 Å². The standard InChI is InChI=1S/C8H12N2O2/c1-3-5-6-12-8(11)7(4-2)10-9/h3,5H,4,6H2,1-2H3. The lowest BCUT2D eigenvalue weighted by Crippen LogP contribution is -2.17. The Kier molecular flexibility index (Phi) is 5.57. The van der Waals surface area contributed by atoms with Gasteiger partial charge >= 0.3 is 11.7 Å². The Hall–Kier alpha value is -1.41. The summed E-state index contributed by atoms with van der Waals surface area (Å²) in [4.78, 5) is 13.7. The molecule has 0 unspecified atom stereocenters. The van der Waals surface area contributed by atoms with Gasteiger partial charge in [-0.05, 0) is 6.92 Å². The number of rotatable bonds is 4. The Labute approximate surface area is 71.5 Å². The van der Waals surface area contributed by atoms with Crippen LogP contribution in [0.3, 0.4) is 0 Å². The van der Waals surface area contributed by atoms with Crippen molar-refractivity contribution in [1.82, 2.24) is 0 Å². The summed E-state index contributed by atoms with van der Waals surface area (Å²) in [6, 6.07) is 0. The molecule has 0 fully saturated rings. The zero-order valence-corrected chi connectivity index (χ0v) is 7.28. The molecule has 0 amide bonds. The van der Waals surface area contributed by atoms with E-state index < -0.39 is 5.97 Å². The average molecular weight is 168 g/mol. The minimum atomic E-state index is -0.571. The third-order valence-electron chi connectivity index (χ3n) is 1.24. The van der Waals surface area contributed by atoms with Crippen LogP contribution in [0.1, 0.15) is 20.3 Å². The van der Waals surface area contributed by atoms with Gasteiger partial charge in [0.25, 0.3) is 0 Å². The summed E-state index contributed by atoms with van der Waals surface area (Å²) in [6.45, 7) is 3.76. The molecule has 0 atom stereocenters. The quantitative estimate of drug-likeness (QED) is 0.208. The normalized spacial score (nSPS) is 9.50. The fourth-order valence-electron chi connectivity index (χ4n) is 0.559. The summed E-state index contributed by atoms with van der Waals surface area (Å²) < 4.78 is 4.71. The Morgan fingerprint density at radius 1 is 1.67 bits per heavy atom. The second-order valence-electron chi connectivity index (χ2n) is 2.07. The molecule has 0 radical (unpaired) electrons. The van der Waals surface area contributed by atoms with E-state index in [1.165, 1.54) is 0 Å². The number of hydrogen-bond donors (Lipinski definition) is 0. The molecule has 0 aromatic rings. The van der Waals surface area contributed by atoms with Crippen molar-refractivity contribution in [1.29, 1.82) is 0 Å². The van der Waals surface area contributed by atoms with Gasteiger partial charge in [-0.3, -0.25) is 0 Å². The van der Waals surface area contributed by atoms with Gasteiger partial charge in [-0.1, -0.05) is 19.1 Å². The van der Waals surface area contributed by atoms with E-state index in [0.717, 1.165) is 0 Å². The SMILES string of the molecule is CC=CCOC(=O)C(CC)=[N+]=[N-]. The molecule has 0 N–H and O–H groups in total. The van der Waals surface area contributed by atoms with Crippen LogP contribution in [0.15, 0.2) is 12.2 Å². The van der Waals surface area contributed by atoms with Crippen LogP contribution in [0.25, 0.3) is 5.53 Å². The number of allylic oxidation sites excluding steroid dienone is 1. The fraction of sp³-hybridized carbons (Fsp3) is 0.500. The molecule has 12 heavy (non-hydrogen) atoms. The molecule has 0 saturated carbocycles. The van der Waals surface area contributed by atoms with Gasteiger partial charge < -0.3 is 10.3 Å². The first-order valence-electron chi connectivity index (χ1n) is 3.75. The number of carbonyl (C=O) groups is 1. The van der Waals surface area contributed by atoms with Crippen molar-refractivity contribution in [3.05, 3.63) is 17.7 Å². The maximum Gasteiger partial charge on any atom is 0.417 e. The van der Waals surface area contributed by atoms with E-state index in [1.807, 2.05) is 6.92 Å². The maximum atomic E-state index is 10.9. The van der Waals surface area contributed by atoms with E-state index >= 15 is 0 Å². The van der Waals surface area contributed by atoms with E-state index in [2.05, 4.69) is 4.79 Å². The lowest BCUT2D eigenvalue weighted by molar-refractivity contribution is -0.139. The van der Waals surface area contributed by atoms with Gasteiger partial charge in [-0.15, -0.1) is 0 Å². The molecular weight excluding hydrogens is 156 g/mol. The van der Waals surface area contributed by atoms with Gasteiger partial charge in [-0.2, -0.15) is 4.79 Å². The van der Waals surface area contributed by atoms with Gasteiger partial charge in [0.2, 0.25) is 0 Å². The monoisotopic (exact) mass is 168 g/mol. The topological polar surface area (TPSA) is 62.7 Å². The molecule has 0 spiro atoms. The summed E-state index contributed by atoms with van der Waals surface area (Å²) in [6.07, 6.45) is 3.84. The van der Waals surface area contributed by atoms with Crippen LogP contribution in [0.2, 0.25) is 0 Å². The number of hydrogen-bond acceptors (Lipinski definition) is 2. The Morgan fingerprint density at radius 3 is 2.75 bits per heavy atom. The minimum Gasteiger partial charge on any atom is -0.453 e. The molecule has 0 heterocycles. The summed E-state index contributed by atoms with van der Waals surface area (Å²) in [5, 5.41) is 0. The first kappa shape index (κ1) is 10.6. The van der Waals surface area contributed by atoms with E-state index in [0.29, 0.717) is 6.42 Å². The first-order chi connectivity index (χ1) is 5.76. The van der Waals surface area contributed by atoms with Crippen LogP contribution in [0.5, 0.6) is 0 Å². The number of ether oxygens (including phenoxy) is 1. The second kappa shape index (κ2) is 6.31. The van der Waals surface area contributed by atoms with Gasteiger partial charge in [0, 0.05) is 0 Å². The van der Waals surface area contributed by atoms with E-state index in [4.69, 9.17) is 10.3 Å². The molecule has 0 saturated heterocycles. The van der Waals surface area contributed by atoms with Crippen LogP contribution < -0.4 is 0 Å². The molecule has 0 aromatic carbocycles. The third kappa shape index (κ3) is 3.68. The van der Waals surface area contributed by atoms with Crippen molar-refractivity contribution >= 4 is 11.7 Å². The third-order valence-corrected chi connectivity index (χ3v) is 1.24. The summed E-state index contributed by atoms with van der Waals surface area (Å²) in [5.74, 6) is -0.571. The zero-order chi connectivity index (χ0) is 9.40. The molecule has 0 rings (SSSR count). The van der Waals surface area contributed by atoms with E-state index in [1.54, 1.807) is 19.1 Å². The molecule has 4 nitrogen and oxygen atoms in total. The highest BCUT2D eigenvalue weighted by Gasteiger charge is 2.17. The number of nitrogens with zero attached hydrogens (tertiary/aromatic N) is 2. The van der Waals surface area contributed by atoms with Crippen LogP contribution >= 0.6 is 0 Å². The maximum absolute atomic E-state index is 10.9. The molecular formula is C8H12N2O2. The Bertz CT molecular complexity index is 227. The van der Waals surface area contributed by atoms with Gasteiger partial charge in [0.1, 0.15) is 6.61 Å². The molecule has 0 aromatic heterocycles. The molecule has 0 bridgehead atoms. The Balaban J connectivity index is 3.95. The van der Waals surface area contributed by atoms with Gasteiger partial charge in [-0.25, -0.2) is 4.79 Å². The van der Waals surface area contributed by atoms with Crippen molar-refractivity contribution in [3.63, 3.8) is 0 Å². The summed E-state index contributed by atoms with van der Waals surface area (Å²) in [5.41, 5.74) is 8.36. The number of esters is 1. The number of carbonyl (C=O) groups excluding carboxylic acids is 1.